The average molecular weight is 969 g/mol. The molecule has 12 aromatic carbocycles. The third-order valence-electron chi connectivity index (χ3n) is 15.5. The van der Waals surface area contributed by atoms with E-state index in [2.05, 4.69) is 307 Å². The van der Waals surface area contributed by atoms with Crippen LogP contribution in [0.3, 0.4) is 0 Å². The molecule has 0 aliphatic heterocycles. The molecule has 1 aliphatic carbocycles. The zero-order valence-corrected chi connectivity index (χ0v) is 42.0. The van der Waals surface area contributed by atoms with E-state index in [9.17, 15) is 0 Å². The van der Waals surface area contributed by atoms with E-state index >= 15 is 0 Å². The van der Waals surface area contributed by atoms with Crippen LogP contribution in [0.25, 0.3) is 105 Å². The quantitative estimate of drug-likeness (QED) is 0.133. The minimum atomic E-state index is 0.333. The molecule has 0 N–H and O–H groups in total. The van der Waals surface area contributed by atoms with Crippen LogP contribution in [-0.4, -0.2) is 4.57 Å². The van der Waals surface area contributed by atoms with Crippen LogP contribution in [0, 0.1) is 0 Å². The summed E-state index contributed by atoms with van der Waals surface area (Å²) in [5, 5.41) is 7.46. The van der Waals surface area contributed by atoms with Crippen LogP contribution in [0.1, 0.15) is 17.9 Å². The highest BCUT2D eigenvalue weighted by molar-refractivity contribution is 6.18. The van der Waals surface area contributed by atoms with Crippen LogP contribution >= 0.6 is 0 Å². The smallest absolute Gasteiger partial charge is 0.0547 e. The molecule has 358 valence electrons. The van der Waals surface area contributed by atoms with Crippen molar-refractivity contribution in [3.63, 3.8) is 0 Å². The van der Waals surface area contributed by atoms with Crippen molar-refractivity contribution < 1.29 is 0 Å². The van der Waals surface area contributed by atoms with Crippen LogP contribution < -0.4 is 4.90 Å². The summed E-state index contributed by atoms with van der Waals surface area (Å²) in [4.78, 5) is 2.41. The van der Waals surface area contributed by atoms with Gasteiger partial charge in [-0.25, -0.2) is 0 Å². The van der Waals surface area contributed by atoms with Gasteiger partial charge in [-0.1, -0.05) is 224 Å². The van der Waals surface area contributed by atoms with Gasteiger partial charge in [0.1, 0.15) is 0 Å². The van der Waals surface area contributed by atoms with Crippen molar-refractivity contribution in [2.45, 2.75) is 12.3 Å². The number of rotatable bonds is 10. The number of fused-ring (bicyclic) bond motifs is 5. The number of anilines is 3. The number of para-hydroxylation sites is 1. The van der Waals surface area contributed by atoms with Gasteiger partial charge in [0.2, 0.25) is 0 Å². The number of allylic oxidation sites excluding steroid dienone is 4. The van der Waals surface area contributed by atoms with Gasteiger partial charge < -0.3 is 9.47 Å². The first-order valence-electron chi connectivity index (χ1n) is 26.4. The third-order valence-corrected chi connectivity index (χ3v) is 15.5. The van der Waals surface area contributed by atoms with E-state index in [1.807, 2.05) is 0 Å². The summed E-state index contributed by atoms with van der Waals surface area (Å²) >= 11 is 0. The summed E-state index contributed by atoms with van der Waals surface area (Å²) in [5.74, 6) is 0.333. The number of aromatic nitrogens is 1. The fourth-order valence-corrected chi connectivity index (χ4v) is 11.7. The molecule has 1 aromatic heterocycles. The van der Waals surface area contributed by atoms with E-state index in [4.69, 9.17) is 0 Å². The fraction of sp³-hybridized carbons (Fsp3) is 0.0270. The lowest BCUT2D eigenvalue weighted by atomic mass is 9.87. The van der Waals surface area contributed by atoms with E-state index < -0.39 is 0 Å². The SMILES string of the molecule is C1=CCC(c2cc(-c3ccccc3)cc(-c3ccc(N(c4ccc(-c5ccc(-c6cccc7ccccc67)cc5)cc4)c4cccc(-c5cccc6c5c5cc7ccccc7cc5n6-c5ccccc5)c4)cc3)c2)C=C1. The molecule has 2 nitrogen and oxygen atoms in total. The summed E-state index contributed by atoms with van der Waals surface area (Å²) in [7, 11) is 0. The van der Waals surface area contributed by atoms with Crippen molar-refractivity contribution in [2.24, 2.45) is 0 Å². The van der Waals surface area contributed by atoms with Crippen LogP contribution in [-0.2, 0) is 0 Å². The lowest BCUT2D eigenvalue weighted by molar-refractivity contribution is 0.854. The molecule has 0 saturated heterocycles. The molecule has 0 spiro atoms. The minimum absolute atomic E-state index is 0.333. The first-order chi connectivity index (χ1) is 37.7. The van der Waals surface area contributed by atoms with E-state index in [1.165, 1.54) is 99.0 Å². The normalized spacial score (nSPS) is 13.2. The first-order valence-corrected chi connectivity index (χ1v) is 26.4. The molecule has 1 aliphatic rings. The largest absolute Gasteiger partial charge is 0.310 e. The monoisotopic (exact) mass is 968 g/mol. The Labute approximate surface area is 444 Å². The molecule has 0 amide bonds. The molecule has 14 rings (SSSR count). The van der Waals surface area contributed by atoms with Gasteiger partial charge >= 0.3 is 0 Å². The second-order valence-corrected chi connectivity index (χ2v) is 20.0. The minimum Gasteiger partial charge on any atom is -0.310 e. The summed E-state index contributed by atoms with van der Waals surface area (Å²) < 4.78 is 2.43. The average Bonchev–Trinajstić information content (AvgIpc) is 3.89. The number of hydrogen-bond acceptors (Lipinski definition) is 1. The van der Waals surface area contributed by atoms with Crippen molar-refractivity contribution >= 4 is 60.4 Å². The maximum atomic E-state index is 2.43. The van der Waals surface area contributed by atoms with Crippen molar-refractivity contribution in [1.29, 1.82) is 0 Å². The van der Waals surface area contributed by atoms with Gasteiger partial charge in [-0.3, -0.25) is 0 Å². The zero-order chi connectivity index (χ0) is 50.4. The molecule has 0 radical (unpaired) electrons. The van der Waals surface area contributed by atoms with Crippen molar-refractivity contribution in [3.8, 4) is 61.3 Å². The van der Waals surface area contributed by atoms with Gasteiger partial charge in [0.05, 0.1) is 11.0 Å². The van der Waals surface area contributed by atoms with Gasteiger partial charge in [0.15, 0.2) is 0 Å². The highest BCUT2D eigenvalue weighted by Gasteiger charge is 2.20. The Kier molecular flexibility index (Phi) is 11.4. The lowest BCUT2D eigenvalue weighted by Gasteiger charge is -2.26. The molecular formula is C74H52N2. The Morgan fingerprint density at radius 2 is 0.882 bits per heavy atom. The molecule has 0 fully saturated rings. The second-order valence-electron chi connectivity index (χ2n) is 20.0. The predicted octanol–water partition coefficient (Wildman–Crippen LogP) is 20.5. The molecule has 0 saturated carbocycles. The summed E-state index contributed by atoms with van der Waals surface area (Å²) in [6, 6.07) is 100. The van der Waals surface area contributed by atoms with Gasteiger partial charge in [-0.05, 0) is 162 Å². The standard InChI is InChI=1S/C74H52N2/c1-4-17-51(18-5-1)61-45-62(52-19-6-2-7-20-52)47-63(46-61)55-39-43-66(44-40-55)75(65-41-37-54(38-42-65)53-33-35-57(36-34-53)69-30-15-24-56-21-12-13-29-68(56)69)67-28-14-25-60(48-67)70-31-16-32-72-74(70)71-49-58-22-10-11-23-59(58)50-73(71)76(72)64-26-8-3-9-27-64/h1-19,21-50,52H,20H2. The van der Waals surface area contributed by atoms with Crippen molar-refractivity contribution in [2.75, 3.05) is 4.90 Å². The van der Waals surface area contributed by atoms with Crippen LogP contribution in [0.2, 0.25) is 0 Å². The molecular weight excluding hydrogens is 917 g/mol. The van der Waals surface area contributed by atoms with Crippen molar-refractivity contribution in [1.82, 2.24) is 4.57 Å². The predicted molar refractivity (Wildman–Crippen MR) is 323 cm³/mol. The van der Waals surface area contributed by atoms with E-state index in [1.54, 1.807) is 0 Å². The molecule has 13 aromatic rings. The van der Waals surface area contributed by atoms with Crippen LogP contribution in [0.5, 0.6) is 0 Å². The highest BCUT2D eigenvalue weighted by atomic mass is 15.1. The van der Waals surface area contributed by atoms with E-state index in [0.29, 0.717) is 5.92 Å². The Morgan fingerprint density at radius 1 is 0.329 bits per heavy atom. The lowest BCUT2D eigenvalue weighted by Crippen LogP contribution is -2.10. The number of nitrogens with zero attached hydrogens (tertiary/aromatic N) is 2. The Morgan fingerprint density at radius 3 is 1.59 bits per heavy atom. The highest BCUT2D eigenvalue weighted by Crippen LogP contribution is 2.44. The fourth-order valence-electron chi connectivity index (χ4n) is 11.7. The molecule has 1 unspecified atom stereocenters. The molecule has 2 heteroatoms. The topological polar surface area (TPSA) is 8.17 Å². The number of benzene rings is 12. The van der Waals surface area contributed by atoms with Gasteiger partial charge in [0, 0.05) is 39.4 Å². The maximum absolute atomic E-state index is 2.43. The summed E-state index contributed by atoms with van der Waals surface area (Å²) in [6.45, 7) is 0. The third kappa shape index (κ3) is 8.27. The van der Waals surface area contributed by atoms with Crippen LogP contribution in [0.15, 0.2) is 297 Å². The van der Waals surface area contributed by atoms with E-state index in [0.717, 1.165) is 34.7 Å². The Bertz CT molecular complexity index is 4330. The Balaban J connectivity index is 0.884. The van der Waals surface area contributed by atoms with Crippen LogP contribution in [0.4, 0.5) is 17.1 Å². The molecule has 1 heterocycles. The first kappa shape index (κ1) is 44.9. The zero-order valence-electron chi connectivity index (χ0n) is 42.0. The van der Waals surface area contributed by atoms with Gasteiger partial charge in [0.25, 0.3) is 0 Å². The molecule has 0 bridgehead atoms. The maximum Gasteiger partial charge on any atom is 0.0547 e. The van der Waals surface area contributed by atoms with Gasteiger partial charge in [-0.2, -0.15) is 0 Å². The Hall–Kier alpha value is -9.76. The van der Waals surface area contributed by atoms with E-state index in [-0.39, 0.29) is 0 Å². The molecule has 1 atom stereocenters. The second kappa shape index (κ2) is 19.3. The summed E-state index contributed by atoms with van der Waals surface area (Å²) in [5.41, 5.74) is 20.1. The number of hydrogen-bond donors (Lipinski definition) is 0. The summed E-state index contributed by atoms with van der Waals surface area (Å²) in [6.07, 6.45) is 9.94. The van der Waals surface area contributed by atoms with Crippen molar-refractivity contribution in [3.05, 3.63) is 303 Å². The molecule has 76 heavy (non-hydrogen) atoms. The van der Waals surface area contributed by atoms with Gasteiger partial charge in [-0.15, -0.1) is 0 Å².